The zero-order chi connectivity index (χ0) is 15.1. The van der Waals surface area contributed by atoms with Crippen LogP contribution in [0.5, 0.6) is 0 Å². The van der Waals surface area contributed by atoms with Gasteiger partial charge in [0.1, 0.15) is 0 Å². The second kappa shape index (κ2) is 5.18. The van der Waals surface area contributed by atoms with E-state index < -0.39 is 21.2 Å². The van der Waals surface area contributed by atoms with Crippen molar-refractivity contribution in [3.63, 3.8) is 0 Å². The zero-order valence-corrected chi connectivity index (χ0v) is 12.6. The minimum Gasteiger partial charge on any atom is -0.478 e. The van der Waals surface area contributed by atoms with Gasteiger partial charge in [-0.1, -0.05) is 13.0 Å². The summed E-state index contributed by atoms with van der Waals surface area (Å²) in [5.74, 6) is -0.923. The molecule has 0 saturated heterocycles. The Morgan fingerprint density at radius 3 is 2.60 bits per heavy atom. The number of nitrogens with one attached hydrogen (secondary N) is 1. The average Bonchev–Trinajstić information content (AvgIpc) is 2.65. The van der Waals surface area contributed by atoms with Gasteiger partial charge in [0.05, 0.1) is 10.8 Å². The standard InChI is InChI=1S/C14H19NO4S/c1-8(2)20(18,19)15-13-7-11-6-10(14(16)17)4-5-12(11)9(13)3/h4-6,8-9,13,15H,7H2,1-3H3,(H,16,17)/t9-,13?/m0/s1. The van der Waals surface area contributed by atoms with Crippen molar-refractivity contribution in [2.75, 3.05) is 0 Å². The van der Waals surface area contributed by atoms with E-state index in [1.807, 2.05) is 6.92 Å². The first kappa shape index (κ1) is 15.0. The third-order valence-corrected chi connectivity index (χ3v) is 5.73. The highest BCUT2D eigenvalue weighted by molar-refractivity contribution is 7.90. The molecule has 1 aliphatic rings. The Balaban J connectivity index is 2.25. The number of carboxylic acids is 1. The summed E-state index contributed by atoms with van der Waals surface area (Å²) in [7, 11) is -3.33. The van der Waals surface area contributed by atoms with Gasteiger partial charge in [0.15, 0.2) is 0 Å². The van der Waals surface area contributed by atoms with Crippen LogP contribution in [0.2, 0.25) is 0 Å². The normalized spacial score (nSPS) is 22.0. The highest BCUT2D eigenvalue weighted by atomic mass is 32.2. The quantitative estimate of drug-likeness (QED) is 0.886. The smallest absolute Gasteiger partial charge is 0.335 e. The third-order valence-electron chi connectivity index (χ3n) is 3.86. The van der Waals surface area contributed by atoms with Crippen LogP contribution in [-0.2, 0) is 16.4 Å². The first-order valence-electron chi connectivity index (χ1n) is 6.59. The van der Waals surface area contributed by atoms with E-state index in [-0.39, 0.29) is 17.5 Å². The summed E-state index contributed by atoms with van der Waals surface area (Å²) in [6.45, 7) is 5.23. The minimum absolute atomic E-state index is 0.0429. The zero-order valence-electron chi connectivity index (χ0n) is 11.8. The lowest BCUT2D eigenvalue weighted by atomic mass is 10.0. The van der Waals surface area contributed by atoms with Gasteiger partial charge in [-0.3, -0.25) is 0 Å². The number of hydrogen-bond acceptors (Lipinski definition) is 3. The van der Waals surface area contributed by atoms with E-state index in [0.717, 1.165) is 11.1 Å². The Bertz CT molecular complexity index is 637. The van der Waals surface area contributed by atoms with Crippen molar-refractivity contribution in [3.05, 3.63) is 34.9 Å². The predicted octanol–water partition coefficient (Wildman–Crippen LogP) is 1.74. The SMILES string of the molecule is CC(C)S(=O)(=O)NC1Cc2cc(C(=O)O)ccc2[C@@H]1C. The van der Waals surface area contributed by atoms with Crippen LogP contribution in [0.15, 0.2) is 18.2 Å². The van der Waals surface area contributed by atoms with E-state index in [4.69, 9.17) is 5.11 Å². The lowest BCUT2D eigenvalue weighted by Crippen LogP contribution is -2.40. The van der Waals surface area contributed by atoms with Gasteiger partial charge in [0.25, 0.3) is 0 Å². The van der Waals surface area contributed by atoms with Gasteiger partial charge >= 0.3 is 5.97 Å². The molecule has 0 heterocycles. The Hall–Kier alpha value is -1.40. The van der Waals surface area contributed by atoms with Crippen molar-refractivity contribution in [1.82, 2.24) is 4.72 Å². The molecule has 1 aromatic carbocycles. The number of benzene rings is 1. The Morgan fingerprint density at radius 1 is 1.40 bits per heavy atom. The molecule has 1 aromatic rings. The van der Waals surface area contributed by atoms with Gasteiger partial charge < -0.3 is 5.11 Å². The molecule has 0 fully saturated rings. The summed E-state index contributed by atoms with van der Waals surface area (Å²) in [6, 6.07) is 4.78. The molecular weight excluding hydrogens is 278 g/mol. The van der Waals surface area contributed by atoms with Crippen LogP contribution >= 0.6 is 0 Å². The molecule has 0 spiro atoms. The number of rotatable bonds is 4. The lowest BCUT2D eigenvalue weighted by molar-refractivity contribution is 0.0696. The maximum absolute atomic E-state index is 12.0. The maximum Gasteiger partial charge on any atom is 0.335 e. The van der Waals surface area contributed by atoms with E-state index in [1.54, 1.807) is 32.0 Å². The van der Waals surface area contributed by atoms with Crippen LogP contribution in [0.25, 0.3) is 0 Å². The van der Waals surface area contributed by atoms with Crippen molar-refractivity contribution in [2.45, 2.75) is 44.4 Å². The molecule has 0 aliphatic heterocycles. The number of aromatic carboxylic acids is 1. The average molecular weight is 297 g/mol. The van der Waals surface area contributed by atoms with E-state index in [1.165, 1.54) is 0 Å². The van der Waals surface area contributed by atoms with Crippen LogP contribution in [0.4, 0.5) is 0 Å². The Morgan fingerprint density at radius 2 is 2.05 bits per heavy atom. The van der Waals surface area contributed by atoms with Gasteiger partial charge in [-0.05, 0) is 49.4 Å². The lowest BCUT2D eigenvalue weighted by Gasteiger charge is -2.19. The largest absolute Gasteiger partial charge is 0.478 e. The molecule has 2 atom stereocenters. The summed E-state index contributed by atoms with van der Waals surface area (Å²) in [5, 5.41) is 8.52. The van der Waals surface area contributed by atoms with Gasteiger partial charge in [-0.25, -0.2) is 17.9 Å². The van der Waals surface area contributed by atoms with Gasteiger partial charge in [-0.15, -0.1) is 0 Å². The monoisotopic (exact) mass is 297 g/mol. The van der Waals surface area contributed by atoms with Crippen molar-refractivity contribution in [3.8, 4) is 0 Å². The molecule has 2 rings (SSSR count). The molecule has 6 heteroatoms. The molecule has 0 saturated carbocycles. The van der Waals surface area contributed by atoms with E-state index >= 15 is 0 Å². The fraction of sp³-hybridized carbons (Fsp3) is 0.500. The van der Waals surface area contributed by atoms with E-state index in [2.05, 4.69) is 4.72 Å². The van der Waals surface area contributed by atoms with Crippen LogP contribution in [0.3, 0.4) is 0 Å². The summed E-state index contributed by atoms with van der Waals surface area (Å²) in [6.07, 6.45) is 0.531. The molecule has 0 aromatic heterocycles. The number of fused-ring (bicyclic) bond motifs is 1. The number of sulfonamides is 1. The van der Waals surface area contributed by atoms with Crippen molar-refractivity contribution in [1.29, 1.82) is 0 Å². The van der Waals surface area contributed by atoms with Crippen LogP contribution < -0.4 is 4.72 Å². The summed E-state index contributed by atoms with van der Waals surface area (Å²) in [5.41, 5.74) is 2.17. The highest BCUT2D eigenvalue weighted by Gasteiger charge is 2.33. The summed E-state index contributed by atoms with van der Waals surface area (Å²) >= 11 is 0. The summed E-state index contributed by atoms with van der Waals surface area (Å²) < 4.78 is 26.6. The topological polar surface area (TPSA) is 83.5 Å². The van der Waals surface area contributed by atoms with E-state index in [0.29, 0.717) is 6.42 Å². The molecule has 0 radical (unpaired) electrons. The molecule has 5 nitrogen and oxygen atoms in total. The maximum atomic E-state index is 12.0. The van der Waals surface area contributed by atoms with Crippen molar-refractivity contribution >= 4 is 16.0 Å². The molecule has 0 amide bonds. The fourth-order valence-electron chi connectivity index (χ4n) is 2.48. The van der Waals surface area contributed by atoms with E-state index in [9.17, 15) is 13.2 Å². The van der Waals surface area contributed by atoms with Gasteiger partial charge in [0, 0.05) is 6.04 Å². The molecule has 1 unspecified atom stereocenters. The first-order chi connectivity index (χ1) is 9.22. The first-order valence-corrected chi connectivity index (χ1v) is 8.14. The second-order valence-corrected chi connectivity index (χ2v) is 7.80. The molecular formula is C14H19NO4S. The number of hydrogen-bond donors (Lipinski definition) is 2. The minimum atomic E-state index is -3.33. The van der Waals surface area contributed by atoms with Crippen LogP contribution in [-0.4, -0.2) is 30.8 Å². The van der Waals surface area contributed by atoms with Crippen LogP contribution in [0, 0.1) is 0 Å². The number of carboxylic acid groups (broad SMARTS) is 1. The summed E-state index contributed by atoms with van der Waals surface area (Å²) in [4.78, 5) is 11.0. The van der Waals surface area contributed by atoms with Gasteiger partial charge in [0.2, 0.25) is 10.0 Å². The van der Waals surface area contributed by atoms with Crippen molar-refractivity contribution in [2.24, 2.45) is 0 Å². The molecule has 0 bridgehead atoms. The molecule has 2 N–H and O–H groups in total. The molecule has 110 valence electrons. The fourth-order valence-corrected chi connectivity index (χ4v) is 3.46. The Kier molecular flexibility index (Phi) is 3.88. The third kappa shape index (κ3) is 2.71. The van der Waals surface area contributed by atoms with Gasteiger partial charge in [-0.2, -0.15) is 0 Å². The Labute approximate surface area is 119 Å². The van der Waals surface area contributed by atoms with Crippen LogP contribution in [0.1, 0.15) is 48.2 Å². The second-order valence-electron chi connectivity index (χ2n) is 5.53. The molecule has 1 aliphatic carbocycles. The number of carbonyl (C=O) groups is 1. The predicted molar refractivity (Wildman–Crippen MR) is 76.5 cm³/mol. The molecule has 20 heavy (non-hydrogen) atoms. The van der Waals surface area contributed by atoms with Crippen molar-refractivity contribution < 1.29 is 18.3 Å². The highest BCUT2D eigenvalue weighted by Crippen LogP contribution is 2.34.